The highest BCUT2D eigenvalue weighted by atomic mass is 32.2. The fourth-order valence-electron chi connectivity index (χ4n) is 2.81. The molecule has 8 heteroatoms. The Bertz CT molecular complexity index is 1000. The molecule has 7 nitrogen and oxygen atoms in total. The summed E-state index contributed by atoms with van der Waals surface area (Å²) in [5, 5.41) is 8.41. The van der Waals surface area contributed by atoms with Crippen molar-refractivity contribution in [3.63, 3.8) is 0 Å². The molecular formula is C21H19NO6S. The number of ether oxygens (including phenoxy) is 2. The molecule has 3 rings (SSSR count). The van der Waals surface area contributed by atoms with Gasteiger partial charge in [-0.2, -0.15) is 0 Å². The molecule has 0 bridgehead atoms. The van der Waals surface area contributed by atoms with Gasteiger partial charge in [-0.25, -0.2) is 4.79 Å². The molecule has 0 radical (unpaired) electrons. The Morgan fingerprint density at radius 3 is 2.66 bits per heavy atom. The van der Waals surface area contributed by atoms with Crippen LogP contribution in [0.15, 0.2) is 47.4 Å². The van der Waals surface area contributed by atoms with E-state index in [1.165, 1.54) is 12.0 Å². The van der Waals surface area contributed by atoms with Gasteiger partial charge in [0.1, 0.15) is 0 Å². The third-order valence-electron chi connectivity index (χ3n) is 4.13. The Balaban J connectivity index is 1.79. The molecule has 0 aliphatic carbocycles. The Morgan fingerprint density at radius 1 is 1.17 bits per heavy atom. The van der Waals surface area contributed by atoms with Crippen LogP contribution in [0.25, 0.3) is 6.08 Å². The lowest BCUT2D eigenvalue weighted by Crippen LogP contribution is -2.27. The molecule has 1 N–H and O–H groups in total. The number of aliphatic carboxylic acids is 1. The number of nitrogens with zero attached hydrogens (tertiary/aromatic N) is 1. The average Bonchev–Trinajstić information content (AvgIpc) is 2.94. The Morgan fingerprint density at radius 2 is 1.97 bits per heavy atom. The van der Waals surface area contributed by atoms with Crippen molar-refractivity contribution in [1.29, 1.82) is 0 Å². The third kappa shape index (κ3) is 4.97. The van der Waals surface area contributed by atoms with E-state index in [4.69, 9.17) is 14.6 Å². The molecule has 29 heavy (non-hydrogen) atoms. The van der Waals surface area contributed by atoms with Gasteiger partial charge in [0.05, 0.1) is 18.6 Å². The zero-order valence-corrected chi connectivity index (χ0v) is 16.7. The molecule has 2 aromatic rings. The third-order valence-corrected chi connectivity index (χ3v) is 5.04. The van der Waals surface area contributed by atoms with Crippen molar-refractivity contribution in [2.45, 2.75) is 13.5 Å². The SMILES string of the molecule is COc1cc(/C=C2/SC(=O)N(Cc3cccc(C)c3)C2=O)ccc1OCC(=O)O. The van der Waals surface area contributed by atoms with E-state index in [2.05, 4.69) is 0 Å². The number of carbonyl (C=O) groups excluding carboxylic acids is 2. The molecule has 1 aliphatic heterocycles. The number of aryl methyl sites for hydroxylation is 1. The van der Waals surface area contributed by atoms with Crippen LogP contribution in [-0.2, 0) is 16.1 Å². The lowest BCUT2D eigenvalue weighted by atomic mass is 10.1. The van der Waals surface area contributed by atoms with E-state index in [1.54, 1.807) is 24.3 Å². The Labute approximate surface area is 171 Å². The van der Waals surface area contributed by atoms with Gasteiger partial charge in [0.25, 0.3) is 11.1 Å². The maximum absolute atomic E-state index is 12.7. The minimum Gasteiger partial charge on any atom is -0.493 e. The number of thioether (sulfide) groups is 1. The van der Waals surface area contributed by atoms with Gasteiger partial charge in [0.15, 0.2) is 18.1 Å². The van der Waals surface area contributed by atoms with Crippen molar-refractivity contribution in [2.75, 3.05) is 13.7 Å². The summed E-state index contributed by atoms with van der Waals surface area (Å²) in [4.78, 5) is 37.2. The summed E-state index contributed by atoms with van der Waals surface area (Å²) in [6, 6.07) is 12.5. The number of hydrogen-bond donors (Lipinski definition) is 1. The summed E-state index contributed by atoms with van der Waals surface area (Å²) in [6.45, 7) is 1.68. The van der Waals surface area contributed by atoms with Gasteiger partial charge in [0.2, 0.25) is 0 Å². The zero-order valence-electron chi connectivity index (χ0n) is 15.9. The summed E-state index contributed by atoms with van der Waals surface area (Å²) < 4.78 is 10.4. The van der Waals surface area contributed by atoms with E-state index >= 15 is 0 Å². The number of amides is 2. The molecule has 1 aliphatic rings. The number of carboxylic acid groups (broad SMARTS) is 1. The second kappa shape index (κ2) is 8.83. The van der Waals surface area contributed by atoms with Gasteiger partial charge in [-0.3, -0.25) is 14.5 Å². The lowest BCUT2D eigenvalue weighted by molar-refractivity contribution is -0.139. The minimum absolute atomic E-state index is 0.217. The van der Waals surface area contributed by atoms with E-state index in [1.807, 2.05) is 31.2 Å². The van der Waals surface area contributed by atoms with E-state index in [9.17, 15) is 14.4 Å². The van der Waals surface area contributed by atoms with Gasteiger partial charge in [-0.15, -0.1) is 0 Å². The van der Waals surface area contributed by atoms with Crippen molar-refractivity contribution in [2.24, 2.45) is 0 Å². The van der Waals surface area contributed by atoms with Crippen molar-refractivity contribution in [3.05, 3.63) is 64.1 Å². The minimum atomic E-state index is -1.10. The number of benzene rings is 2. The van der Waals surface area contributed by atoms with Crippen LogP contribution in [0.1, 0.15) is 16.7 Å². The monoisotopic (exact) mass is 413 g/mol. The second-order valence-electron chi connectivity index (χ2n) is 6.35. The van der Waals surface area contributed by atoms with Crippen LogP contribution in [0, 0.1) is 6.92 Å². The first-order valence-electron chi connectivity index (χ1n) is 8.71. The number of imide groups is 1. The molecule has 2 amide bonds. The highest BCUT2D eigenvalue weighted by Crippen LogP contribution is 2.35. The molecule has 0 saturated carbocycles. The van der Waals surface area contributed by atoms with Crippen molar-refractivity contribution >= 4 is 35.0 Å². The first-order valence-corrected chi connectivity index (χ1v) is 9.52. The fourth-order valence-corrected chi connectivity index (χ4v) is 3.65. The van der Waals surface area contributed by atoms with Gasteiger partial charge in [-0.05, 0) is 48.0 Å². The molecule has 2 aromatic carbocycles. The highest BCUT2D eigenvalue weighted by molar-refractivity contribution is 8.18. The van der Waals surface area contributed by atoms with Gasteiger partial charge in [0, 0.05) is 0 Å². The molecule has 0 unspecified atom stereocenters. The van der Waals surface area contributed by atoms with Crippen LogP contribution in [0.2, 0.25) is 0 Å². The summed E-state index contributed by atoms with van der Waals surface area (Å²) >= 11 is 0.881. The molecule has 0 atom stereocenters. The van der Waals surface area contributed by atoms with Crippen LogP contribution in [0.5, 0.6) is 11.5 Å². The van der Waals surface area contributed by atoms with Crippen LogP contribution in [0.4, 0.5) is 4.79 Å². The summed E-state index contributed by atoms with van der Waals surface area (Å²) in [5.74, 6) is -0.844. The normalized spacial score (nSPS) is 15.1. The maximum atomic E-state index is 12.7. The number of carboxylic acids is 1. The zero-order chi connectivity index (χ0) is 21.0. The van der Waals surface area contributed by atoms with E-state index in [0.717, 1.165) is 22.9 Å². The van der Waals surface area contributed by atoms with E-state index in [0.29, 0.717) is 16.2 Å². The molecule has 150 valence electrons. The fraction of sp³-hybridized carbons (Fsp3) is 0.190. The predicted molar refractivity (Wildman–Crippen MR) is 109 cm³/mol. The summed E-state index contributed by atoms with van der Waals surface area (Å²) in [7, 11) is 1.43. The van der Waals surface area contributed by atoms with Crippen molar-refractivity contribution in [1.82, 2.24) is 4.90 Å². The van der Waals surface area contributed by atoms with Crippen LogP contribution in [-0.4, -0.2) is 40.8 Å². The first kappa shape index (κ1) is 20.5. The number of methoxy groups -OCH3 is 1. The smallest absolute Gasteiger partial charge is 0.341 e. The number of hydrogen-bond acceptors (Lipinski definition) is 6. The van der Waals surface area contributed by atoms with Crippen molar-refractivity contribution in [3.8, 4) is 11.5 Å². The van der Waals surface area contributed by atoms with E-state index in [-0.39, 0.29) is 23.4 Å². The molecule has 1 heterocycles. The van der Waals surface area contributed by atoms with E-state index < -0.39 is 12.6 Å². The van der Waals surface area contributed by atoms with Crippen LogP contribution >= 0.6 is 11.8 Å². The van der Waals surface area contributed by atoms with Crippen molar-refractivity contribution < 1.29 is 29.0 Å². The van der Waals surface area contributed by atoms with Crippen LogP contribution in [0.3, 0.4) is 0 Å². The number of rotatable bonds is 7. The van der Waals surface area contributed by atoms with Gasteiger partial charge < -0.3 is 14.6 Å². The highest BCUT2D eigenvalue weighted by Gasteiger charge is 2.35. The molecule has 0 aromatic heterocycles. The Kier molecular flexibility index (Phi) is 6.23. The Hall–Kier alpha value is -3.26. The number of carbonyl (C=O) groups is 3. The second-order valence-corrected chi connectivity index (χ2v) is 7.34. The van der Waals surface area contributed by atoms with Gasteiger partial charge in [-0.1, -0.05) is 35.9 Å². The topological polar surface area (TPSA) is 93.1 Å². The summed E-state index contributed by atoms with van der Waals surface area (Å²) in [5.41, 5.74) is 2.57. The largest absolute Gasteiger partial charge is 0.493 e. The standard InChI is InChI=1S/C21H19NO6S/c1-13-4-3-5-15(8-13)11-22-20(25)18(29-21(22)26)10-14-6-7-16(17(9-14)27-2)28-12-19(23)24/h3-10H,11-12H2,1-2H3,(H,23,24)/b18-10+. The lowest BCUT2D eigenvalue weighted by Gasteiger charge is -2.12. The maximum Gasteiger partial charge on any atom is 0.341 e. The molecule has 1 fully saturated rings. The quantitative estimate of drug-likeness (QED) is 0.692. The predicted octanol–water partition coefficient (Wildman–Crippen LogP) is 3.70. The molecule has 0 spiro atoms. The average molecular weight is 413 g/mol. The molecular weight excluding hydrogens is 394 g/mol. The first-order chi connectivity index (χ1) is 13.9. The van der Waals surface area contributed by atoms with Crippen LogP contribution < -0.4 is 9.47 Å². The van der Waals surface area contributed by atoms with Gasteiger partial charge >= 0.3 is 5.97 Å². The molecule has 1 saturated heterocycles. The summed E-state index contributed by atoms with van der Waals surface area (Å²) in [6.07, 6.45) is 1.60.